The summed E-state index contributed by atoms with van der Waals surface area (Å²) in [4.78, 5) is 27.1. The van der Waals surface area contributed by atoms with E-state index in [4.69, 9.17) is 33.2 Å². The molecule has 0 bridgehead atoms. The summed E-state index contributed by atoms with van der Waals surface area (Å²) in [7, 11) is 4.70. The van der Waals surface area contributed by atoms with Gasteiger partial charge < -0.3 is 38.3 Å². The molecule has 1 aliphatic rings. The fourth-order valence-electron chi connectivity index (χ4n) is 6.79. The minimum Gasteiger partial charge on any atom is -0.497 e. The predicted octanol–water partition coefficient (Wildman–Crippen LogP) is 5.16. The van der Waals surface area contributed by atoms with Gasteiger partial charge >= 0.3 is 5.69 Å². The Balaban J connectivity index is 1.37. The molecule has 2 heterocycles. The van der Waals surface area contributed by atoms with Gasteiger partial charge in [-0.15, -0.1) is 0 Å². The average Bonchev–Trinajstić information content (AvgIpc) is 3.54. The number of nitrogens with zero attached hydrogens (tertiary/aromatic N) is 2. The van der Waals surface area contributed by atoms with Gasteiger partial charge in [0.2, 0.25) is 0 Å². The first-order valence-corrected chi connectivity index (χ1v) is 17.6. The quantitative estimate of drug-likeness (QED) is 0.0777. The zero-order valence-corrected chi connectivity index (χ0v) is 30.9. The van der Waals surface area contributed by atoms with Gasteiger partial charge in [-0.05, 0) is 53.4 Å². The number of hydrogen-bond acceptors (Lipinski definition) is 10. The first-order chi connectivity index (χ1) is 26.2. The third-order valence-corrected chi connectivity index (χ3v) is 9.64. The third kappa shape index (κ3) is 8.19. The summed E-state index contributed by atoms with van der Waals surface area (Å²) in [6.45, 7) is 1.18. The van der Waals surface area contributed by atoms with Crippen molar-refractivity contribution in [2.24, 2.45) is 0 Å². The van der Waals surface area contributed by atoms with Gasteiger partial charge in [0, 0.05) is 25.3 Å². The largest absolute Gasteiger partial charge is 0.497 e. The van der Waals surface area contributed by atoms with Crippen LogP contribution in [-0.2, 0) is 42.6 Å². The molecule has 1 fully saturated rings. The van der Waals surface area contributed by atoms with E-state index in [0.29, 0.717) is 17.1 Å². The molecule has 0 radical (unpaired) electrons. The van der Waals surface area contributed by atoms with Crippen LogP contribution in [0.25, 0.3) is 0 Å². The maximum atomic E-state index is 13.9. The van der Waals surface area contributed by atoms with Crippen molar-refractivity contribution in [2.75, 3.05) is 41.3 Å². The Morgan fingerprint density at radius 1 is 0.796 bits per heavy atom. The number of aryl methyl sites for hydroxylation is 1. The molecule has 5 aromatic rings. The van der Waals surface area contributed by atoms with Gasteiger partial charge in [-0.25, -0.2) is 9.36 Å². The van der Waals surface area contributed by atoms with E-state index in [-0.39, 0.29) is 39.8 Å². The summed E-state index contributed by atoms with van der Waals surface area (Å²) < 4.78 is 43.6. The maximum Gasteiger partial charge on any atom is 0.335 e. The molecule has 4 aromatic carbocycles. The van der Waals surface area contributed by atoms with Crippen LogP contribution >= 0.6 is 0 Å². The Kier molecular flexibility index (Phi) is 12.4. The smallest absolute Gasteiger partial charge is 0.335 e. The lowest BCUT2D eigenvalue weighted by atomic mass is 9.79. The van der Waals surface area contributed by atoms with Crippen molar-refractivity contribution in [3.63, 3.8) is 0 Å². The molecular formula is C42H46N2O10. The molecular weight excluding hydrogens is 692 g/mol. The molecule has 1 aliphatic heterocycles. The predicted molar refractivity (Wildman–Crippen MR) is 200 cm³/mol. The molecule has 0 spiro atoms. The first-order valence-electron chi connectivity index (χ1n) is 17.6. The van der Waals surface area contributed by atoms with Gasteiger partial charge in [0.25, 0.3) is 5.56 Å². The van der Waals surface area contributed by atoms with Crippen molar-refractivity contribution in [3.8, 4) is 11.5 Å². The van der Waals surface area contributed by atoms with Crippen molar-refractivity contribution >= 4 is 0 Å². The van der Waals surface area contributed by atoms with Crippen molar-refractivity contribution in [2.45, 2.75) is 50.2 Å². The van der Waals surface area contributed by atoms with E-state index in [0.717, 1.165) is 26.8 Å². The van der Waals surface area contributed by atoms with Crippen molar-refractivity contribution < 1.29 is 38.3 Å². The van der Waals surface area contributed by atoms with E-state index in [2.05, 4.69) is 0 Å². The van der Waals surface area contributed by atoms with E-state index in [1.54, 1.807) is 21.1 Å². The SMILES string of the molecule is COCOC[C@]1(O)C[C@H](n2cc(C)c(=O)n(COCc3ccccc3)c2=O)O[C@@H]1COC(c1ccccc1)(c1ccc(OC)cc1)c1ccc(OC)cc1. The molecule has 0 amide bonds. The van der Waals surface area contributed by atoms with Gasteiger partial charge in [0.05, 0.1) is 34.0 Å². The summed E-state index contributed by atoms with van der Waals surface area (Å²) in [5.74, 6) is 1.35. The Morgan fingerprint density at radius 3 is 1.94 bits per heavy atom. The molecule has 1 N–H and O–H groups in total. The minimum atomic E-state index is -1.64. The van der Waals surface area contributed by atoms with Crippen LogP contribution in [0, 0.1) is 6.92 Å². The lowest BCUT2D eigenvalue weighted by Gasteiger charge is -2.38. The molecule has 1 aromatic heterocycles. The van der Waals surface area contributed by atoms with Gasteiger partial charge in [-0.2, -0.15) is 0 Å². The van der Waals surface area contributed by atoms with Crippen LogP contribution < -0.4 is 20.7 Å². The molecule has 3 atom stereocenters. The average molecular weight is 739 g/mol. The van der Waals surface area contributed by atoms with Crippen LogP contribution in [0.4, 0.5) is 0 Å². The molecule has 0 aliphatic carbocycles. The monoisotopic (exact) mass is 738 g/mol. The summed E-state index contributed by atoms with van der Waals surface area (Å²) in [6.07, 6.45) is -0.571. The summed E-state index contributed by atoms with van der Waals surface area (Å²) in [6, 6.07) is 34.4. The summed E-state index contributed by atoms with van der Waals surface area (Å²) >= 11 is 0. The molecule has 6 rings (SSSR count). The minimum absolute atomic E-state index is 0.0451. The molecule has 284 valence electrons. The number of methoxy groups -OCH3 is 3. The van der Waals surface area contributed by atoms with Crippen LogP contribution in [0.3, 0.4) is 0 Å². The molecule has 12 nitrogen and oxygen atoms in total. The van der Waals surface area contributed by atoms with Crippen LogP contribution in [0.2, 0.25) is 0 Å². The van der Waals surface area contributed by atoms with E-state index >= 15 is 0 Å². The number of ether oxygens (including phenoxy) is 7. The fraction of sp³-hybridized carbons (Fsp3) is 0.333. The molecule has 0 saturated carbocycles. The second kappa shape index (κ2) is 17.4. The van der Waals surface area contributed by atoms with Crippen molar-refractivity contribution in [3.05, 3.63) is 164 Å². The number of hydrogen-bond donors (Lipinski definition) is 1. The van der Waals surface area contributed by atoms with E-state index < -0.39 is 34.8 Å². The highest BCUT2D eigenvalue weighted by Crippen LogP contribution is 2.44. The Hall–Kier alpha value is -5.08. The Morgan fingerprint density at radius 2 is 1.37 bits per heavy atom. The van der Waals surface area contributed by atoms with E-state index in [9.17, 15) is 14.7 Å². The topological polar surface area (TPSA) is 129 Å². The second-order valence-corrected chi connectivity index (χ2v) is 13.2. The van der Waals surface area contributed by atoms with Gasteiger partial charge in [-0.1, -0.05) is 84.9 Å². The zero-order chi connectivity index (χ0) is 38.1. The van der Waals surface area contributed by atoms with Crippen LogP contribution in [0.15, 0.2) is 125 Å². The zero-order valence-electron chi connectivity index (χ0n) is 30.9. The van der Waals surface area contributed by atoms with Crippen molar-refractivity contribution in [1.82, 2.24) is 9.13 Å². The summed E-state index contributed by atoms with van der Waals surface area (Å²) in [5.41, 5.74) is -0.336. The second-order valence-electron chi connectivity index (χ2n) is 13.2. The molecule has 12 heteroatoms. The molecule has 1 saturated heterocycles. The highest BCUT2D eigenvalue weighted by Gasteiger charge is 2.50. The van der Waals surface area contributed by atoms with E-state index in [1.165, 1.54) is 17.9 Å². The van der Waals surface area contributed by atoms with Gasteiger partial charge in [0.1, 0.15) is 48.6 Å². The Labute approximate surface area is 314 Å². The van der Waals surface area contributed by atoms with Crippen LogP contribution in [0.1, 0.15) is 40.5 Å². The van der Waals surface area contributed by atoms with Crippen LogP contribution in [-0.4, -0.2) is 67.3 Å². The maximum absolute atomic E-state index is 13.9. The highest BCUT2D eigenvalue weighted by atomic mass is 16.7. The lowest BCUT2D eigenvalue weighted by Crippen LogP contribution is -2.47. The number of aromatic nitrogens is 2. The normalized spacial score (nSPS) is 18.5. The fourth-order valence-corrected chi connectivity index (χ4v) is 6.79. The molecule has 0 unspecified atom stereocenters. The highest BCUT2D eigenvalue weighted by molar-refractivity contribution is 5.49. The standard InChI is InChI=1S/C42H46N2O10/c1-30-24-43(40(46)44(39(30)45)28-51-25-31-11-7-5-8-12-31)38-23-41(47,27-52-29-48-2)37(54-38)26-53-42(32-13-9-6-10-14-32,33-15-19-35(49-3)20-16-33)34-17-21-36(50-4)22-18-34/h5-22,24,37-38,47H,23,25-29H2,1-4H3/t37-,38-,41-/m1/s1. The van der Waals surface area contributed by atoms with E-state index in [1.807, 2.05) is 109 Å². The lowest BCUT2D eigenvalue weighted by molar-refractivity contribution is -0.154. The van der Waals surface area contributed by atoms with Gasteiger partial charge in [0.15, 0.2) is 0 Å². The number of aliphatic hydroxyl groups is 1. The third-order valence-electron chi connectivity index (χ3n) is 9.64. The number of rotatable bonds is 17. The van der Waals surface area contributed by atoms with Crippen molar-refractivity contribution in [1.29, 1.82) is 0 Å². The number of benzene rings is 4. The summed E-state index contributed by atoms with van der Waals surface area (Å²) in [5, 5.41) is 12.3. The molecule has 54 heavy (non-hydrogen) atoms. The Bertz CT molecular complexity index is 2020. The van der Waals surface area contributed by atoms with Gasteiger partial charge in [-0.3, -0.25) is 9.36 Å². The first kappa shape index (κ1) is 38.6. The van der Waals surface area contributed by atoms with Crippen LogP contribution in [0.5, 0.6) is 11.5 Å².